The standard InChI is InChI=1S/C51H69O5PS/c1-28-23-32(48(9,10)11)37-35(25-28)58-36-26-29(2)24-33(49(12,13)14)38(36)40-41(39(37)42(50(15,16)17)44(56-57(53)54)43(40)51(18,19)20)45(52)55-34-22-21-30(46(3,4)5)27-31(34)47(6,7)8/h21-27,53-54H,1-20H3. The molecule has 4 aromatic carbocycles. The van der Waals surface area contributed by atoms with Crippen molar-refractivity contribution in [3.63, 3.8) is 0 Å². The molecule has 0 aromatic heterocycles. The van der Waals surface area contributed by atoms with Gasteiger partial charge in [-0.2, -0.15) is 0 Å². The van der Waals surface area contributed by atoms with E-state index in [4.69, 9.17) is 9.26 Å². The molecule has 0 saturated carbocycles. The smallest absolute Gasteiger partial charge is 0.391 e. The highest BCUT2D eigenvalue weighted by Crippen LogP contribution is 2.61. The van der Waals surface area contributed by atoms with Crippen molar-refractivity contribution in [2.45, 2.75) is 181 Å². The molecule has 1 heterocycles. The van der Waals surface area contributed by atoms with Gasteiger partial charge in [-0.3, -0.25) is 0 Å². The zero-order chi connectivity index (χ0) is 44.0. The van der Waals surface area contributed by atoms with Crippen LogP contribution in [0.25, 0.3) is 22.3 Å². The summed E-state index contributed by atoms with van der Waals surface area (Å²) in [6.07, 6.45) is 0. The number of hydrogen-bond donors (Lipinski definition) is 2. The summed E-state index contributed by atoms with van der Waals surface area (Å²) >= 11 is 1.75. The van der Waals surface area contributed by atoms with Gasteiger partial charge in [-0.25, -0.2) is 4.79 Å². The molecule has 0 radical (unpaired) electrons. The summed E-state index contributed by atoms with van der Waals surface area (Å²) in [5.74, 6) is 0.479. The second-order valence-corrected chi connectivity index (χ2v) is 24.4. The van der Waals surface area contributed by atoms with Crippen LogP contribution in [0, 0.1) is 13.8 Å². The molecule has 4 aromatic rings. The molecular weight excluding hydrogens is 756 g/mol. The monoisotopic (exact) mass is 824 g/mol. The van der Waals surface area contributed by atoms with E-state index in [1.165, 1.54) is 5.56 Å². The molecule has 0 saturated heterocycles. The molecule has 0 fully saturated rings. The third-order valence-electron chi connectivity index (χ3n) is 11.0. The van der Waals surface area contributed by atoms with Crippen LogP contribution in [0.4, 0.5) is 0 Å². The van der Waals surface area contributed by atoms with Gasteiger partial charge in [-0.15, -0.1) is 0 Å². The van der Waals surface area contributed by atoms with E-state index >= 15 is 4.79 Å². The van der Waals surface area contributed by atoms with E-state index in [2.05, 4.69) is 175 Å². The zero-order valence-corrected chi connectivity index (χ0v) is 40.7. The third-order valence-corrected chi connectivity index (χ3v) is 12.4. The molecule has 0 aliphatic carbocycles. The normalized spacial score (nSPS) is 13.8. The van der Waals surface area contributed by atoms with Gasteiger partial charge >= 0.3 is 14.6 Å². The van der Waals surface area contributed by atoms with Crippen molar-refractivity contribution in [1.82, 2.24) is 0 Å². The second kappa shape index (κ2) is 15.1. The van der Waals surface area contributed by atoms with Gasteiger partial charge in [0.1, 0.15) is 11.5 Å². The molecule has 1 aliphatic heterocycles. The van der Waals surface area contributed by atoms with Crippen molar-refractivity contribution in [3.05, 3.63) is 92.5 Å². The first-order chi connectivity index (χ1) is 26.1. The molecule has 314 valence electrons. The Balaban J connectivity index is 2.20. The lowest BCUT2D eigenvalue weighted by molar-refractivity contribution is 0.0733. The maximum absolute atomic E-state index is 16.1. The lowest BCUT2D eigenvalue weighted by Crippen LogP contribution is -2.28. The van der Waals surface area contributed by atoms with Gasteiger partial charge < -0.3 is 19.0 Å². The summed E-state index contributed by atoms with van der Waals surface area (Å²) in [7, 11) is -2.85. The van der Waals surface area contributed by atoms with Crippen molar-refractivity contribution in [2.24, 2.45) is 0 Å². The van der Waals surface area contributed by atoms with Gasteiger partial charge in [0, 0.05) is 48.7 Å². The topological polar surface area (TPSA) is 76.0 Å². The van der Waals surface area contributed by atoms with Crippen LogP contribution in [0.2, 0.25) is 0 Å². The number of benzene rings is 4. The molecule has 1 aliphatic rings. The summed E-state index contributed by atoms with van der Waals surface area (Å²) in [6.45, 7) is 43.3. The highest BCUT2D eigenvalue weighted by Gasteiger charge is 2.44. The fourth-order valence-corrected chi connectivity index (χ4v) is 10.0. The fourth-order valence-electron chi connectivity index (χ4n) is 8.34. The molecule has 0 atom stereocenters. The Morgan fingerprint density at radius 3 is 1.29 bits per heavy atom. The summed E-state index contributed by atoms with van der Waals surface area (Å²) in [4.78, 5) is 39.9. The molecule has 7 heteroatoms. The second-order valence-electron chi connectivity index (χ2n) is 22.6. The van der Waals surface area contributed by atoms with E-state index in [1.807, 2.05) is 6.07 Å². The Labute approximate surface area is 355 Å². The van der Waals surface area contributed by atoms with Gasteiger partial charge in [0.25, 0.3) is 0 Å². The first-order valence-electron chi connectivity index (χ1n) is 20.6. The van der Waals surface area contributed by atoms with Gasteiger partial charge in [0.2, 0.25) is 0 Å². The van der Waals surface area contributed by atoms with Crippen LogP contribution < -0.4 is 9.26 Å². The van der Waals surface area contributed by atoms with Gasteiger partial charge in [-0.05, 0) is 92.4 Å². The van der Waals surface area contributed by atoms with Crippen LogP contribution in [-0.2, 0) is 32.5 Å². The summed E-state index contributed by atoms with van der Waals surface area (Å²) in [5, 5.41) is 0. The fraction of sp³-hybridized carbons (Fsp3) is 0.510. The maximum Gasteiger partial charge on any atom is 0.391 e. The van der Waals surface area contributed by atoms with Crippen molar-refractivity contribution in [2.75, 3.05) is 0 Å². The van der Waals surface area contributed by atoms with Crippen molar-refractivity contribution in [1.29, 1.82) is 0 Å². The Bertz CT molecular complexity index is 2160. The molecule has 5 rings (SSSR count). The van der Waals surface area contributed by atoms with E-state index in [9.17, 15) is 9.79 Å². The number of ether oxygens (including phenoxy) is 1. The van der Waals surface area contributed by atoms with Crippen molar-refractivity contribution < 1.29 is 23.8 Å². The van der Waals surface area contributed by atoms with Gasteiger partial charge in [0.15, 0.2) is 0 Å². The van der Waals surface area contributed by atoms with E-state index < -0.39 is 25.4 Å². The lowest BCUT2D eigenvalue weighted by atomic mass is 9.67. The Hall–Kier alpha value is -3.15. The Morgan fingerprint density at radius 2 is 0.948 bits per heavy atom. The molecule has 5 nitrogen and oxygen atoms in total. The quantitative estimate of drug-likeness (QED) is 0.107. The number of esters is 1. The molecule has 0 spiro atoms. The lowest BCUT2D eigenvalue weighted by Gasteiger charge is -2.40. The molecular formula is C51H69O5PS. The summed E-state index contributed by atoms with van der Waals surface area (Å²) in [5.41, 5.74) is 9.39. The average molecular weight is 825 g/mol. The highest BCUT2D eigenvalue weighted by molar-refractivity contribution is 7.99. The van der Waals surface area contributed by atoms with E-state index in [1.54, 1.807) is 11.8 Å². The van der Waals surface area contributed by atoms with Crippen LogP contribution in [0.5, 0.6) is 11.5 Å². The average Bonchev–Trinajstić information content (AvgIpc) is 3.00. The molecule has 0 amide bonds. The Morgan fingerprint density at radius 1 is 0.534 bits per heavy atom. The molecule has 2 bridgehead atoms. The maximum atomic E-state index is 16.1. The van der Waals surface area contributed by atoms with Crippen molar-refractivity contribution >= 4 is 26.3 Å². The van der Waals surface area contributed by atoms with Crippen molar-refractivity contribution in [3.8, 4) is 33.8 Å². The first kappa shape index (κ1) is 45.9. The first-order valence-corrected chi connectivity index (χ1v) is 22.6. The number of carbonyl (C=O) groups excluding carboxylic acids is 1. The molecule has 0 unspecified atom stereocenters. The number of rotatable bonds is 4. The number of hydrogen-bond acceptors (Lipinski definition) is 6. The third kappa shape index (κ3) is 8.97. The molecule has 58 heavy (non-hydrogen) atoms. The number of carbonyl (C=O) groups is 1. The van der Waals surface area contributed by atoms with Crippen LogP contribution in [0.15, 0.2) is 52.3 Å². The predicted molar refractivity (Wildman–Crippen MR) is 246 cm³/mol. The minimum absolute atomic E-state index is 0.105. The SMILES string of the molecule is Cc1cc2c(c(C(C)(C)C)c1)-c1c(C(=O)Oc3ccc(C(C)(C)C)cc3C(C)(C)C)c(c(C(C)(C)C)c(OP(O)O)c1C(C)(C)C)-c1c(cc(C)cc1C(C)(C)C)S2. The van der Waals surface area contributed by atoms with Crippen LogP contribution >= 0.6 is 20.4 Å². The largest absolute Gasteiger partial charge is 0.426 e. The summed E-state index contributed by atoms with van der Waals surface area (Å²) < 4.78 is 13.3. The van der Waals surface area contributed by atoms with E-state index in [0.717, 1.165) is 71.0 Å². The van der Waals surface area contributed by atoms with E-state index in [0.29, 0.717) is 17.1 Å². The van der Waals surface area contributed by atoms with E-state index in [-0.39, 0.29) is 21.7 Å². The highest BCUT2D eigenvalue weighted by atomic mass is 32.2. The number of aryl methyl sites for hydroxylation is 2. The summed E-state index contributed by atoms with van der Waals surface area (Å²) in [6, 6.07) is 15.2. The minimum Gasteiger partial charge on any atom is -0.426 e. The van der Waals surface area contributed by atoms with Gasteiger partial charge in [0.05, 0.1) is 5.56 Å². The predicted octanol–water partition coefficient (Wildman–Crippen LogP) is 14.7. The van der Waals surface area contributed by atoms with Crippen LogP contribution in [0.3, 0.4) is 0 Å². The van der Waals surface area contributed by atoms with Crippen LogP contribution in [0.1, 0.15) is 179 Å². The van der Waals surface area contributed by atoms with Crippen LogP contribution in [-0.4, -0.2) is 15.8 Å². The van der Waals surface area contributed by atoms with Gasteiger partial charge in [-0.1, -0.05) is 161 Å². The Kier molecular flexibility index (Phi) is 11.9. The minimum atomic E-state index is -2.85. The number of fused-ring (bicyclic) bond motifs is 6. The zero-order valence-electron chi connectivity index (χ0n) is 39.0. The molecule has 2 N–H and O–H groups in total.